The minimum Gasteiger partial charge on any atom is -0.381 e. The second-order valence-electron chi connectivity index (χ2n) is 6.93. The molecule has 2 N–H and O–H groups in total. The molecule has 2 aromatic rings. The van der Waals surface area contributed by atoms with E-state index in [0.717, 1.165) is 50.7 Å². The van der Waals surface area contributed by atoms with Crippen molar-refractivity contribution in [3.63, 3.8) is 0 Å². The first kappa shape index (κ1) is 22.6. The summed E-state index contributed by atoms with van der Waals surface area (Å²) in [6, 6.07) is 17.1. The summed E-state index contributed by atoms with van der Waals surface area (Å²) in [7, 11) is 0. The zero-order chi connectivity index (χ0) is 19.0. The molecule has 0 aliphatic carbocycles. The zero-order valence-electron chi connectivity index (χ0n) is 16.3. The smallest absolute Gasteiger partial charge is 0.191 e. The summed E-state index contributed by atoms with van der Waals surface area (Å²) in [6.45, 7) is 5.71. The van der Waals surface area contributed by atoms with E-state index in [9.17, 15) is 4.39 Å². The van der Waals surface area contributed by atoms with E-state index < -0.39 is 0 Å². The Bertz CT molecular complexity index is 731. The van der Waals surface area contributed by atoms with Crippen LogP contribution in [-0.2, 0) is 16.7 Å². The van der Waals surface area contributed by atoms with E-state index in [1.807, 2.05) is 0 Å². The summed E-state index contributed by atoms with van der Waals surface area (Å²) in [5, 5.41) is 6.83. The van der Waals surface area contributed by atoms with Gasteiger partial charge in [-0.2, -0.15) is 0 Å². The van der Waals surface area contributed by atoms with E-state index >= 15 is 0 Å². The average molecular weight is 497 g/mol. The summed E-state index contributed by atoms with van der Waals surface area (Å²) >= 11 is 0. The van der Waals surface area contributed by atoms with Crippen LogP contribution in [0.4, 0.5) is 4.39 Å². The SMILES string of the molecule is CCNC(=NCc1ccc(F)cc1)NCC1(c2ccccc2)CCOCC1.I. The van der Waals surface area contributed by atoms with Crippen LogP contribution in [0.3, 0.4) is 0 Å². The van der Waals surface area contributed by atoms with E-state index in [4.69, 9.17) is 4.74 Å². The first-order valence-electron chi connectivity index (χ1n) is 9.62. The van der Waals surface area contributed by atoms with Crippen LogP contribution in [0.2, 0.25) is 0 Å². The fraction of sp³-hybridized carbons (Fsp3) is 0.409. The number of hydrogen-bond donors (Lipinski definition) is 2. The topological polar surface area (TPSA) is 45.7 Å². The van der Waals surface area contributed by atoms with Gasteiger partial charge in [-0.1, -0.05) is 42.5 Å². The maximum absolute atomic E-state index is 13.1. The molecule has 0 saturated carbocycles. The third kappa shape index (κ3) is 6.17. The fourth-order valence-corrected chi connectivity index (χ4v) is 3.48. The quantitative estimate of drug-likeness (QED) is 0.357. The molecule has 2 aromatic carbocycles. The summed E-state index contributed by atoms with van der Waals surface area (Å²) in [4.78, 5) is 4.66. The zero-order valence-corrected chi connectivity index (χ0v) is 18.6. The molecular weight excluding hydrogens is 468 g/mol. The molecule has 1 saturated heterocycles. The lowest BCUT2D eigenvalue weighted by atomic mass is 9.74. The maximum Gasteiger partial charge on any atom is 0.191 e. The normalized spacial score (nSPS) is 16.1. The molecule has 1 heterocycles. The second kappa shape index (κ2) is 11.4. The molecule has 1 aliphatic rings. The number of ether oxygens (including phenoxy) is 1. The molecule has 4 nitrogen and oxygen atoms in total. The Morgan fingerprint density at radius 1 is 1.04 bits per heavy atom. The highest BCUT2D eigenvalue weighted by Gasteiger charge is 2.34. The van der Waals surface area contributed by atoms with Gasteiger partial charge in [-0.05, 0) is 43.0 Å². The van der Waals surface area contributed by atoms with Crippen molar-refractivity contribution in [1.29, 1.82) is 0 Å². The number of nitrogens with one attached hydrogen (secondary N) is 2. The molecule has 0 atom stereocenters. The van der Waals surface area contributed by atoms with E-state index in [2.05, 4.69) is 52.9 Å². The Morgan fingerprint density at radius 3 is 2.36 bits per heavy atom. The molecule has 1 fully saturated rings. The van der Waals surface area contributed by atoms with Gasteiger partial charge < -0.3 is 15.4 Å². The average Bonchev–Trinajstić information content (AvgIpc) is 2.72. The second-order valence-corrected chi connectivity index (χ2v) is 6.93. The number of guanidine groups is 1. The molecule has 0 aromatic heterocycles. The van der Waals surface area contributed by atoms with Gasteiger partial charge in [0.2, 0.25) is 0 Å². The van der Waals surface area contributed by atoms with E-state index in [1.54, 1.807) is 12.1 Å². The van der Waals surface area contributed by atoms with Crippen molar-refractivity contribution in [3.05, 3.63) is 71.5 Å². The van der Waals surface area contributed by atoms with Gasteiger partial charge >= 0.3 is 0 Å². The Kier molecular flexibility index (Phi) is 9.18. The van der Waals surface area contributed by atoms with Gasteiger partial charge in [-0.3, -0.25) is 0 Å². The van der Waals surface area contributed by atoms with Crippen LogP contribution in [0.1, 0.15) is 30.9 Å². The third-order valence-electron chi connectivity index (χ3n) is 5.11. The van der Waals surface area contributed by atoms with Crippen LogP contribution >= 0.6 is 24.0 Å². The monoisotopic (exact) mass is 497 g/mol. The Morgan fingerprint density at radius 2 is 1.71 bits per heavy atom. The maximum atomic E-state index is 13.1. The highest BCUT2D eigenvalue weighted by atomic mass is 127. The summed E-state index contributed by atoms with van der Waals surface area (Å²) in [5.74, 6) is 0.556. The van der Waals surface area contributed by atoms with Crippen LogP contribution in [-0.4, -0.2) is 32.3 Å². The van der Waals surface area contributed by atoms with Crippen LogP contribution in [0.15, 0.2) is 59.6 Å². The molecule has 3 rings (SSSR count). The Labute approximate surface area is 184 Å². The summed E-state index contributed by atoms with van der Waals surface area (Å²) in [6.07, 6.45) is 1.97. The van der Waals surface area contributed by atoms with Gasteiger partial charge in [0.25, 0.3) is 0 Å². The van der Waals surface area contributed by atoms with Gasteiger partial charge in [0.1, 0.15) is 5.82 Å². The fourth-order valence-electron chi connectivity index (χ4n) is 3.48. The van der Waals surface area contributed by atoms with Crippen molar-refractivity contribution in [2.45, 2.75) is 31.7 Å². The van der Waals surface area contributed by atoms with Crippen molar-refractivity contribution < 1.29 is 9.13 Å². The van der Waals surface area contributed by atoms with Gasteiger partial charge in [0.15, 0.2) is 5.96 Å². The Hall–Kier alpha value is -1.67. The van der Waals surface area contributed by atoms with Crippen molar-refractivity contribution in [1.82, 2.24) is 10.6 Å². The van der Waals surface area contributed by atoms with E-state index in [-0.39, 0.29) is 35.2 Å². The van der Waals surface area contributed by atoms with Gasteiger partial charge in [-0.25, -0.2) is 9.38 Å². The van der Waals surface area contributed by atoms with E-state index in [0.29, 0.717) is 6.54 Å². The van der Waals surface area contributed by atoms with Crippen molar-refractivity contribution in [3.8, 4) is 0 Å². The lowest BCUT2D eigenvalue weighted by molar-refractivity contribution is 0.0514. The van der Waals surface area contributed by atoms with Crippen molar-refractivity contribution in [2.75, 3.05) is 26.3 Å². The predicted molar refractivity (Wildman–Crippen MR) is 123 cm³/mol. The minimum atomic E-state index is -0.225. The molecule has 1 aliphatic heterocycles. The van der Waals surface area contributed by atoms with Crippen molar-refractivity contribution in [2.24, 2.45) is 4.99 Å². The molecule has 0 bridgehead atoms. The highest BCUT2D eigenvalue weighted by molar-refractivity contribution is 14.0. The van der Waals surface area contributed by atoms with Crippen LogP contribution in [0, 0.1) is 5.82 Å². The summed E-state index contributed by atoms with van der Waals surface area (Å²) < 4.78 is 18.7. The number of benzene rings is 2. The predicted octanol–water partition coefficient (Wildman–Crippen LogP) is 4.25. The first-order chi connectivity index (χ1) is 13.2. The van der Waals surface area contributed by atoms with Gasteiger partial charge in [0.05, 0.1) is 6.54 Å². The molecule has 0 amide bonds. The number of rotatable bonds is 6. The van der Waals surface area contributed by atoms with Crippen LogP contribution < -0.4 is 10.6 Å². The number of nitrogens with zero attached hydrogens (tertiary/aromatic N) is 1. The molecular formula is C22H29FIN3O. The lowest BCUT2D eigenvalue weighted by Crippen LogP contribution is -2.48. The molecule has 6 heteroatoms. The van der Waals surface area contributed by atoms with Crippen molar-refractivity contribution >= 4 is 29.9 Å². The number of hydrogen-bond acceptors (Lipinski definition) is 2. The molecule has 0 radical (unpaired) electrons. The summed E-state index contributed by atoms with van der Waals surface area (Å²) in [5.41, 5.74) is 2.37. The molecule has 28 heavy (non-hydrogen) atoms. The first-order valence-corrected chi connectivity index (χ1v) is 9.62. The third-order valence-corrected chi connectivity index (χ3v) is 5.11. The van der Waals surface area contributed by atoms with Gasteiger partial charge in [-0.15, -0.1) is 24.0 Å². The molecule has 0 unspecified atom stereocenters. The largest absolute Gasteiger partial charge is 0.381 e. The van der Waals surface area contributed by atoms with Crippen LogP contribution in [0.25, 0.3) is 0 Å². The van der Waals surface area contributed by atoms with E-state index in [1.165, 1.54) is 17.7 Å². The Balaban J connectivity index is 0.00000280. The number of aliphatic imine (C=N–C) groups is 1. The lowest BCUT2D eigenvalue weighted by Gasteiger charge is -2.38. The number of halogens is 2. The highest BCUT2D eigenvalue weighted by Crippen LogP contribution is 2.34. The standard InChI is InChI=1S/C22H28FN3O.HI/c1-2-24-21(25-16-18-8-10-20(23)11-9-18)26-17-22(12-14-27-15-13-22)19-6-4-3-5-7-19;/h3-11H,2,12-17H2,1H3,(H2,24,25,26);1H. The van der Waals surface area contributed by atoms with Crippen LogP contribution in [0.5, 0.6) is 0 Å². The molecule has 152 valence electrons. The molecule has 0 spiro atoms. The van der Waals surface area contributed by atoms with Gasteiger partial charge in [0, 0.05) is 31.7 Å². The minimum absolute atomic E-state index is 0.